The van der Waals surface area contributed by atoms with Crippen LogP contribution in [0.5, 0.6) is 0 Å². The molecule has 0 radical (unpaired) electrons. The summed E-state index contributed by atoms with van der Waals surface area (Å²) in [6.07, 6.45) is 1.80. The number of nitrogens with one attached hydrogen (secondary N) is 2. The van der Waals surface area contributed by atoms with E-state index in [1.54, 1.807) is 24.3 Å². The van der Waals surface area contributed by atoms with Crippen molar-refractivity contribution in [1.82, 2.24) is 9.62 Å². The zero-order valence-corrected chi connectivity index (χ0v) is 18.7. The molecular formula is C23H31N3O3S. The second kappa shape index (κ2) is 9.73. The number of anilines is 1. The molecule has 0 aliphatic carbocycles. The van der Waals surface area contributed by atoms with Crippen molar-refractivity contribution in [2.24, 2.45) is 5.92 Å². The summed E-state index contributed by atoms with van der Waals surface area (Å²) in [6, 6.07) is 16.1. The van der Waals surface area contributed by atoms with Gasteiger partial charge >= 0.3 is 0 Å². The largest absolute Gasteiger partial charge is 0.325 e. The SMILES string of the molecule is CC(C)[C@@H](N[C@@H](C)C(=O)Nc1ccc(S(=O)(=O)N2CCCC2)cc1)c1ccccc1. The Morgan fingerprint density at radius 2 is 1.53 bits per heavy atom. The fraction of sp³-hybridized carbons (Fsp3) is 0.435. The Balaban J connectivity index is 1.63. The zero-order valence-electron chi connectivity index (χ0n) is 17.8. The van der Waals surface area contributed by atoms with Crippen LogP contribution < -0.4 is 10.6 Å². The second-order valence-electron chi connectivity index (χ2n) is 8.15. The number of sulfonamides is 1. The van der Waals surface area contributed by atoms with Gasteiger partial charge < -0.3 is 5.32 Å². The number of carbonyl (C=O) groups is 1. The van der Waals surface area contributed by atoms with Crippen molar-refractivity contribution < 1.29 is 13.2 Å². The van der Waals surface area contributed by atoms with Crippen molar-refractivity contribution in [3.8, 4) is 0 Å². The number of hydrogen-bond acceptors (Lipinski definition) is 4. The molecule has 2 N–H and O–H groups in total. The van der Waals surface area contributed by atoms with Crippen LogP contribution >= 0.6 is 0 Å². The Bertz CT molecular complexity index is 937. The van der Waals surface area contributed by atoms with Gasteiger partial charge in [-0.05, 0) is 55.5 Å². The van der Waals surface area contributed by atoms with Crippen LogP contribution in [0.25, 0.3) is 0 Å². The molecule has 2 aromatic carbocycles. The molecule has 1 amide bonds. The van der Waals surface area contributed by atoms with Crippen molar-refractivity contribution in [2.75, 3.05) is 18.4 Å². The van der Waals surface area contributed by atoms with Crippen molar-refractivity contribution in [3.63, 3.8) is 0 Å². The van der Waals surface area contributed by atoms with Crippen LogP contribution in [0.3, 0.4) is 0 Å². The summed E-state index contributed by atoms with van der Waals surface area (Å²) < 4.78 is 26.8. The highest BCUT2D eigenvalue weighted by Crippen LogP contribution is 2.24. The zero-order chi connectivity index (χ0) is 21.7. The molecule has 30 heavy (non-hydrogen) atoms. The summed E-state index contributed by atoms with van der Waals surface area (Å²) in [7, 11) is -3.45. The first kappa shape index (κ1) is 22.5. The van der Waals surface area contributed by atoms with Gasteiger partial charge in [0.1, 0.15) is 0 Å². The smallest absolute Gasteiger partial charge is 0.243 e. The quantitative estimate of drug-likeness (QED) is 0.669. The van der Waals surface area contributed by atoms with Crippen LogP contribution in [0, 0.1) is 5.92 Å². The maximum absolute atomic E-state index is 12.7. The van der Waals surface area contributed by atoms with Crippen molar-refractivity contribution in [1.29, 1.82) is 0 Å². The lowest BCUT2D eigenvalue weighted by Crippen LogP contribution is -2.41. The van der Waals surface area contributed by atoms with E-state index >= 15 is 0 Å². The third-order valence-electron chi connectivity index (χ3n) is 5.47. The summed E-state index contributed by atoms with van der Waals surface area (Å²) in [5, 5.41) is 6.29. The third-order valence-corrected chi connectivity index (χ3v) is 7.39. The lowest BCUT2D eigenvalue weighted by atomic mass is 9.95. The Morgan fingerprint density at radius 3 is 2.10 bits per heavy atom. The standard InChI is InChI=1S/C23H31N3O3S/c1-17(2)22(19-9-5-4-6-10-19)24-18(3)23(27)25-20-11-13-21(14-12-20)30(28,29)26-15-7-8-16-26/h4-6,9-14,17-18,22,24H,7-8,15-16H2,1-3H3,(H,25,27)/t18-,22+/m0/s1. The Morgan fingerprint density at radius 1 is 0.933 bits per heavy atom. The van der Waals surface area contributed by atoms with Gasteiger partial charge in [0.25, 0.3) is 0 Å². The van der Waals surface area contributed by atoms with Crippen molar-refractivity contribution >= 4 is 21.6 Å². The highest BCUT2D eigenvalue weighted by Gasteiger charge is 2.27. The molecule has 2 atom stereocenters. The molecule has 0 unspecified atom stereocenters. The monoisotopic (exact) mass is 429 g/mol. The van der Waals surface area contributed by atoms with Crippen molar-refractivity contribution in [2.45, 2.75) is 50.6 Å². The minimum absolute atomic E-state index is 0.0555. The van der Waals surface area contributed by atoms with Crippen LogP contribution in [-0.4, -0.2) is 37.8 Å². The molecular weight excluding hydrogens is 398 g/mol. The predicted octanol–water partition coefficient (Wildman–Crippen LogP) is 3.79. The Labute approximate surface area is 179 Å². The highest BCUT2D eigenvalue weighted by atomic mass is 32.2. The number of benzene rings is 2. The molecule has 0 aromatic heterocycles. The molecule has 162 valence electrons. The van der Waals surface area contributed by atoms with E-state index in [1.165, 1.54) is 4.31 Å². The molecule has 1 aliphatic rings. The minimum atomic E-state index is -3.45. The number of nitrogens with zero attached hydrogens (tertiary/aromatic N) is 1. The first-order valence-electron chi connectivity index (χ1n) is 10.5. The van der Waals surface area contributed by atoms with E-state index in [9.17, 15) is 13.2 Å². The van der Waals surface area contributed by atoms with Crippen LogP contribution in [-0.2, 0) is 14.8 Å². The third kappa shape index (κ3) is 5.28. The summed E-state index contributed by atoms with van der Waals surface area (Å²) in [5.41, 5.74) is 1.72. The van der Waals surface area contributed by atoms with E-state index < -0.39 is 16.1 Å². The molecule has 0 bridgehead atoms. The average molecular weight is 430 g/mol. The molecule has 1 heterocycles. The summed E-state index contributed by atoms with van der Waals surface area (Å²) in [5.74, 6) is 0.157. The molecule has 0 spiro atoms. The first-order chi connectivity index (χ1) is 14.3. The molecule has 2 aromatic rings. The van der Waals surface area contributed by atoms with Gasteiger partial charge in [0, 0.05) is 24.8 Å². The average Bonchev–Trinajstić information content (AvgIpc) is 3.28. The predicted molar refractivity (Wildman–Crippen MR) is 120 cm³/mol. The van der Waals surface area contributed by atoms with E-state index in [1.807, 2.05) is 25.1 Å². The molecule has 6 nitrogen and oxygen atoms in total. The molecule has 0 saturated carbocycles. The van der Waals surface area contributed by atoms with Crippen LogP contribution in [0.2, 0.25) is 0 Å². The number of amides is 1. The number of carbonyl (C=O) groups excluding carboxylic acids is 1. The fourth-order valence-corrected chi connectivity index (χ4v) is 5.23. The minimum Gasteiger partial charge on any atom is -0.325 e. The Kier molecular flexibility index (Phi) is 7.28. The van der Waals surface area contributed by atoms with Gasteiger partial charge in [-0.3, -0.25) is 10.1 Å². The maximum Gasteiger partial charge on any atom is 0.243 e. The first-order valence-corrected chi connectivity index (χ1v) is 11.9. The van der Waals surface area contributed by atoms with Gasteiger partial charge in [0.05, 0.1) is 10.9 Å². The lowest BCUT2D eigenvalue weighted by Gasteiger charge is -2.26. The van der Waals surface area contributed by atoms with Crippen LogP contribution in [0.4, 0.5) is 5.69 Å². The second-order valence-corrected chi connectivity index (χ2v) is 10.1. The lowest BCUT2D eigenvalue weighted by molar-refractivity contribution is -0.118. The van der Waals surface area contributed by atoms with Crippen molar-refractivity contribution in [3.05, 3.63) is 60.2 Å². The Hall–Kier alpha value is -2.22. The van der Waals surface area contributed by atoms with E-state index in [2.05, 4.69) is 36.6 Å². The molecule has 1 fully saturated rings. The van der Waals surface area contributed by atoms with Gasteiger partial charge in [0.15, 0.2) is 0 Å². The number of rotatable bonds is 8. The maximum atomic E-state index is 12.7. The topological polar surface area (TPSA) is 78.5 Å². The normalized spacial score (nSPS) is 17.1. The molecule has 3 rings (SSSR count). The van der Waals surface area contributed by atoms with Gasteiger partial charge in [-0.1, -0.05) is 44.2 Å². The summed E-state index contributed by atoms with van der Waals surface area (Å²) in [6.45, 7) is 7.22. The van der Waals surface area contributed by atoms with Gasteiger partial charge in [0.2, 0.25) is 15.9 Å². The van der Waals surface area contributed by atoms with Gasteiger partial charge in [-0.2, -0.15) is 4.31 Å². The van der Waals surface area contributed by atoms with Gasteiger partial charge in [-0.25, -0.2) is 8.42 Å². The number of hydrogen-bond donors (Lipinski definition) is 2. The van der Waals surface area contributed by atoms with Crippen LogP contribution in [0.1, 0.15) is 45.2 Å². The summed E-state index contributed by atoms with van der Waals surface area (Å²) >= 11 is 0. The summed E-state index contributed by atoms with van der Waals surface area (Å²) in [4.78, 5) is 13.0. The van der Waals surface area contributed by atoms with E-state index in [0.717, 1.165) is 18.4 Å². The van der Waals surface area contributed by atoms with E-state index in [-0.39, 0.29) is 16.8 Å². The molecule has 1 saturated heterocycles. The molecule has 7 heteroatoms. The fourth-order valence-electron chi connectivity index (χ4n) is 3.72. The highest BCUT2D eigenvalue weighted by molar-refractivity contribution is 7.89. The van der Waals surface area contributed by atoms with Crippen LogP contribution in [0.15, 0.2) is 59.5 Å². The van der Waals surface area contributed by atoms with E-state index in [0.29, 0.717) is 24.7 Å². The molecule has 1 aliphatic heterocycles. The van der Waals surface area contributed by atoms with Gasteiger partial charge in [-0.15, -0.1) is 0 Å². The van der Waals surface area contributed by atoms with E-state index in [4.69, 9.17) is 0 Å².